The summed E-state index contributed by atoms with van der Waals surface area (Å²) < 4.78 is 0. The molecule has 1 atom stereocenters. The average molecular weight is 182 g/mol. The van der Waals surface area contributed by atoms with E-state index in [0.717, 1.165) is 6.42 Å². The molecule has 2 rings (SSSR count). The van der Waals surface area contributed by atoms with Gasteiger partial charge in [0.25, 0.3) is 0 Å². The first-order valence-corrected chi connectivity index (χ1v) is 5.02. The fraction of sp³-hybridized carbons (Fsp3) is 0.143. The number of hydrogen-bond acceptors (Lipinski definition) is 0. The van der Waals surface area contributed by atoms with E-state index in [4.69, 9.17) is 0 Å². The maximum absolute atomic E-state index is 2.28. The third-order valence-electron chi connectivity index (χ3n) is 2.38. The van der Waals surface area contributed by atoms with Crippen LogP contribution >= 0.6 is 0 Å². The molecular formula is C14H14. The van der Waals surface area contributed by atoms with Gasteiger partial charge in [-0.25, -0.2) is 0 Å². The predicted octanol–water partition coefficient (Wildman–Crippen LogP) is 3.73. The lowest BCUT2D eigenvalue weighted by molar-refractivity contribution is 0.986. The van der Waals surface area contributed by atoms with E-state index in [1.54, 1.807) is 0 Å². The quantitative estimate of drug-likeness (QED) is 0.535. The molecule has 0 spiro atoms. The highest BCUT2D eigenvalue weighted by atomic mass is 14.1. The molecule has 0 aromatic heterocycles. The van der Waals surface area contributed by atoms with E-state index >= 15 is 0 Å². The van der Waals surface area contributed by atoms with Crippen molar-refractivity contribution >= 4 is 0 Å². The second-order valence-electron chi connectivity index (χ2n) is 3.41. The first-order chi connectivity index (χ1) is 6.97. The topological polar surface area (TPSA) is 0 Å². The van der Waals surface area contributed by atoms with Gasteiger partial charge in [-0.3, -0.25) is 0 Å². The Morgan fingerprint density at radius 2 is 1.64 bits per heavy atom. The Hall–Kier alpha value is -1.56. The smallest absolute Gasteiger partial charge is 0.0201 e. The number of hydrogen-bond donors (Lipinski definition) is 0. The Morgan fingerprint density at radius 1 is 0.857 bits per heavy atom. The summed E-state index contributed by atoms with van der Waals surface area (Å²) in [5.41, 5.74) is 1.38. The van der Waals surface area contributed by atoms with Crippen molar-refractivity contribution in [2.24, 2.45) is 5.92 Å². The van der Waals surface area contributed by atoms with Gasteiger partial charge < -0.3 is 0 Å². The zero-order valence-corrected chi connectivity index (χ0v) is 8.14. The van der Waals surface area contributed by atoms with Gasteiger partial charge in [0.2, 0.25) is 0 Å². The summed E-state index contributed by atoms with van der Waals surface area (Å²) in [6.07, 6.45) is 24.7. The molecule has 0 aromatic carbocycles. The van der Waals surface area contributed by atoms with Gasteiger partial charge in [-0.2, -0.15) is 0 Å². The van der Waals surface area contributed by atoms with Crippen molar-refractivity contribution < 1.29 is 0 Å². The van der Waals surface area contributed by atoms with E-state index < -0.39 is 0 Å². The Balaban J connectivity index is 2.35. The van der Waals surface area contributed by atoms with Crippen molar-refractivity contribution in [1.29, 1.82) is 0 Å². The van der Waals surface area contributed by atoms with Crippen LogP contribution in [0.2, 0.25) is 0 Å². The summed E-state index contributed by atoms with van der Waals surface area (Å²) in [5.74, 6) is 0.432. The van der Waals surface area contributed by atoms with Crippen LogP contribution in [-0.4, -0.2) is 0 Å². The summed E-state index contributed by atoms with van der Waals surface area (Å²) in [7, 11) is 0. The van der Waals surface area contributed by atoms with Crippen molar-refractivity contribution in [3.05, 3.63) is 72.4 Å². The van der Waals surface area contributed by atoms with Crippen molar-refractivity contribution in [3.63, 3.8) is 0 Å². The summed E-state index contributed by atoms with van der Waals surface area (Å²) in [4.78, 5) is 0. The molecule has 14 heavy (non-hydrogen) atoms. The highest BCUT2D eigenvalue weighted by molar-refractivity contribution is 5.36. The monoisotopic (exact) mass is 182 g/mol. The van der Waals surface area contributed by atoms with Gasteiger partial charge in [0.15, 0.2) is 0 Å². The first kappa shape index (κ1) is 9.01. The van der Waals surface area contributed by atoms with Crippen LogP contribution in [0.3, 0.4) is 0 Å². The molecule has 0 saturated heterocycles. The molecule has 0 amide bonds. The lowest BCUT2D eigenvalue weighted by Crippen LogP contribution is -1.96. The van der Waals surface area contributed by atoms with Crippen LogP contribution in [0.25, 0.3) is 0 Å². The van der Waals surface area contributed by atoms with E-state index in [1.807, 2.05) is 0 Å². The molecule has 2 aliphatic carbocycles. The molecule has 0 fully saturated rings. The summed E-state index contributed by atoms with van der Waals surface area (Å²) in [6.45, 7) is 0. The highest BCUT2D eigenvalue weighted by Crippen LogP contribution is 2.20. The third-order valence-corrected chi connectivity index (χ3v) is 2.38. The molecule has 70 valence electrons. The number of allylic oxidation sites excluding steroid dienone is 12. The molecule has 0 heterocycles. The highest BCUT2D eigenvalue weighted by Gasteiger charge is 2.05. The second kappa shape index (κ2) is 4.61. The summed E-state index contributed by atoms with van der Waals surface area (Å²) >= 11 is 0. The van der Waals surface area contributed by atoms with Gasteiger partial charge in [-0.05, 0) is 12.0 Å². The number of fused-ring (bicyclic) bond motifs is 1. The van der Waals surface area contributed by atoms with E-state index in [9.17, 15) is 0 Å². The molecule has 2 aliphatic rings. The normalized spacial score (nSPS) is 31.4. The Morgan fingerprint density at radius 3 is 2.57 bits per heavy atom. The van der Waals surface area contributed by atoms with Crippen molar-refractivity contribution in [3.8, 4) is 0 Å². The zero-order valence-electron chi connectivity index (χ0n) is 8.14. The van der Waals surface area contributed by atoms with Crippen LogP contribution in [0.5, 0.6) is 0 Å². The number of rotatable bonds is 0. The minimum Gasteiger partial charge on any atom is -0.0807 e. The van der Waals surface area contributed by atoms with Crippen molar-refractivity contribution in [2.75, 3.05) is 0 Å². The van der Waals surface area contributed by atoms with Crippen molar-refractivity contribution in [1.82, 2.24) is 0 Å². The lowest BCUT2D eigenvalue weighted by Gasteiger charge is -2.11. The molecule has 0 saturated carbocycles. The maximum atomic E-state index is 2.28. The van der Waals surface area contributed by atoms with Gasteiger partial charge in [0, 0.05) is 5.92 Å². The average Bonchev–Trinajstić information content (AvgIpc) is 2.13. The Kier molecular flexibility index (Phi) is 2.97. The van der Waals surface area contributed by atoms with Gasteiger partial charge >= 0.3 is 0 Å². The molecule has 0 N–H and O–H groups in total. The predicted molar refractivity (Wildman–Crippen MR) is 61.9 cm³/mol. The SMILES string of the molecule is C1=CCC=C2\C=C/C=C\C=C/C2C=C1. The molecule has 1 unspecified atom stereocenters. The zero-order chi connectivity index (χ0) is 9.64. The molecule has 0 bridgehead atoms. The van der Waals surface area contributed by atoms with Crippen LogP contribution in [0.15, 0.2) is 72.4 Å². The minimum atomic E-state index is 0.432. The molecular weight excluding hydrogens is 168 g/mol. The fourth-order valence-electron chi connectivity index (χ4n) is 1.63. The Bertz CT molecular complexity index is 357. The van der Waals surface area contributed by atoms with E-state index in [1.165, 1.54) is 5.57 Å². The van der Waals surface area contributed by atoms with Gasteiger partial charge in [-0.15, -0.1) is 0 Å². The lowest BCUT2D eigenvalue weighted by atomic mass is 9.94. The van der Waals surface area contributed by atoms with Gasteiger partial charge in [0.1, 0.15) is 0 Å². The van der Waals surface area contributed by atoms with E-state index in [2.05, 4.69) is 66.8 Å². The molecule has 0 aliphatic heterocycles. The minimum absolute atomic E-state index is 0.432. The summed E-state index contributed by atoms with van der Waals surface area (Å²) in [5, 5.41) is 0. The standard InChI is InChI=1S/C14H14/c1-2-6-10-14-12-8-4-3-7-11-13(14)9-5-1/h1-7,9-13H,8H2/b2-1-,4-3?,9-5-,10-6-,11-7?,14-12?. The fourth-order valence-corrected chi connectivity index (χ4v) is 1.63. The molecule has 0 radical (unpaired) electrons. The van der Waals surface area contributed by atoms with Gasteiger partial charge in [0.05, 0.1) is 0 Å². The molecule has 0 heteroatoms. The first-order valence-electron chi connectivity index (χ1n) is 5.02. The van der Waals surface area contributed by atoms with Gasteiger partial charge in [-0.1, -0.05) is 66.8 Å². The van der Waals surface area contributed by atoms with Crippen LogP contribution in [0.1, 0.15) is 6.42 Å². The van der Waals surface area contributed by atoms with E-state index in [-0.39, 0.29) is 0 Å². The Labute approximate surface area is 85.3 Å². The van der Waals surface area contributed by atoms with E-state index in [0.29, 0.717) is 5.92 Å². The van der Waals surface area contributed by atoms with Crippen LogP contribution < -0.4 is 0 Å². The maximum Gasteiger partial charge on any atom is 0.0201 e. The third kappa shape index (κ3) is 2.23. The van der Waals surface area contributed by atoms with Crippen LogP contribution in [-0.2, 0) is 0 Å². The van der Waals surface area contributed by atoms with Crippen LogP contribution in [0, 0.1) is 5.92 Å². The second-order valence-corrected chi connectivity index (χ2v) is 3.41. The van der Waals surface area contributed by atoms with Crippen molar-refractivity contribution in [2.45, 2.75) is 6.42 Å². The largest absolute Gasteiger partial charge is 0.0807 e. The van der Waals surface area contributed by atoms with Crippen LogP contribution in [0.4, 0.5) is 0 Å². The summed E-state index contributed by atoms with van der Waals surface area (Å²) in [6, 6.07) is 0. The molecule has 0 aromatic rings. The molecule has 0 nitrogen and oxygen atoms in total.